The lowest BCUT2D eigenvalue weighted by Crippen LogP contribution is -2.51. The highest BCUT2D eigenvalue weighted by molar-refractivity contribution is 7.09. The molecule has 31 heavy (non-hydrogen) atoms. The Kier molecular flexibility index (Phi) is 8.00. The molecule has 0 spiro atoms. The zero-order valence-electron chi connectivity index (χ0n) is 17.2. The number of benzene rings is 1. The maximum atomic E-state index is 13.3. The van der Waals surface area contributed by atoms with E-state index in [1.54, 1.807) is 24.3 Å². The fourth-order valence-corrected chi connectivity index (χ4v) is 3.73. The molecular weight excluding hydrogens is 414 g/mol. The molecule has 0 fully saturated rings. The first-order valence-electron chi connectivity index (χ1n) is 10.0. The largest absolute Gasteiger partial charge is 0.459 e. The Bertz CT molecular complexity index is 972. The minimum atomic E-state index is -0.829. The van der Waals surface area contributed by atoms with E-state index in [1.807, 2.05) is 47.8 Å². The maximum absolute atomic E-state index is 13.3. The summed E-state index contributed by atoms with van der Waals surface area (Å²) in [6.07, 6.45) is 1.71. The summed E-state index contributed by atoms with van der Waals surface area (Å²) in [5.41, 5.74) is 0.902. The van der Waals surface area contributed by atoms with Crippen molar-refractivity contribution < 1.29 is 18.8 Å². The normalized spacial score (nSPS) is 11.5. The lowest BCUT2D eigenvalue weighted by Gasteiger charge is -2.26. The van der Waals surface area contributed by atoms with E-state index in [0.29, 0.717) is 19.5 Å². The average molecular weight is 440 g/mol. The molecule has 1 aromatic carbocycles. The van der Waals surface area contributed by atoms with Gasteiger partial charge in [0.2, 0.25) is 11.8 Å². The molecule has 3 aromatic rings. The second-order valence-electron chi connectivity index (χ2n) is 6.90. The highest BCUT2D eigenvalue weighted by Crippen LogP contribution is 2.10. The van der Waals surface area contributed by atoms with Crippen LogP contribution in [0.1, 0.15) is 27.9 Å². The standard InChI is InChI=1S/C23H25N3O4S/c1-2-26(16-21(27)24-15-18-10-7-13-31-18)23(29)19(14-17-8-4-3-5-9-17)25-22(28)20-11-6-12-30-20/h3-13,19H,2,14-16H2,1H3,(H,24,27)(H,25,28). The van der Waals surface area contributed by atoms with Gasteiger partial charge in [0.05, 0.1) is 19.4 Å². The van der Waals surface area contributed by atoms with Crippen molar-refractivity contribution in [1.82, 2.24) is 15.5 Å². The summed E-state index contributed by atoms with van der Waals surface area (Å²) in [5, 5.41) is 7.53. The fraction of sp³-hybridized carbons (Fsp3) is 0.261. The van der Waals surface area contributed by atoms with Crippen molar-refractivity contribution in [2.45, 2.75) is 25.9 Å². The highest BCUT2D eigenvalue weighted by atomic mass is 32.1. The SMILES string of the molecule is CCN(CC(=O)NCc1cccs1)C(=O)C(Cc1ccccc1)NC(=O)c1ccco1. The van der Waals surface area contributed by atoms with Crippen LogP contribution in [0.5, 0.6) is 0 Å². The van der Waals surface area contributed by atoms with Crippen LogP contribution >= 0.6 is 11.3 Å². The number of nitrogens with zero attached hydrogens (tertiary/aromatic N) is 1. The van der Waals surface area contributed by atoms with E-state index in [2.05, 4.69) is 10.6 Å². The predicted octanol–water partition coefficient (Wildman–Crippen LogP) is 2.85. The first kappa shape index (κ1) is 22.3. The fourth-order valence-electron chi connectivity index (χ4n) is 3.08. The molecule has 1 atom stereocenters. The number of hydrogen-bond donors (Lipinski definition) is 2. The molecule has 0 aliphatic carbocycles. The molecule has 0 saturated heterocycles. The zero-order valence-corrected chi connectivity index (χ0v) is 18.1. The van der Waals surface area contributed by atoms with E-state index < -0.39 is 11.9 Å². The number of thiophene rings is 1. The maximum Gasteiger partial charge on any atom is 0.287 e. The summed E-state index contributed by atoms with van der Waals surface area (Å²) >= 11 is 1.56. The quantitative estimate of drug-likeness (QED) is 0.508. The summed E-state index contributed by atoms with van der Waals surface area (Å²) in [4.78, 5) is 40.7. The van der Waals surface area contributed by atoms with Crippen molar-refractivity contribution in [2.24, 2.45) is 0 Å². The van der Waals surface area contributed by atoms with E-state index in [1.165, 1.54) is 17.2 Å². The van der Waals surface area contributed by atoms with E-state index in [-0.39, 0.29) is 24.1 Å². The van der Waals surface area contributed by atoms with E-state index in [0.717, 1.165) is 10.4 Å². The topological polar surface area (TPSA) is 91.7 Å². The molecule has 0 aliphatic rings. The van der Waals surface area contributed by atoms with Gasteiger partial charge in [-0.2, -0.15) is 0 Å². The van der Waals surface area contributed by atoms with Gasteiger partial charge in [-0.1, -0.05) is 36.4 Å². The van der Waals surface area contributed by atoms with Crippen LogP contribution in [0, 0.1) is 0 Å². The molecule has 2 N–H and O–H groups in total. The van der Waals surface area contributed by atoms with Gasteiger partial charge in [-0.15, -0.1) is 11.3 Å². The number of nitrogens with one attached hydrogen (secondary N) is 2. The van der Waals surface area contributed by atoms with Gasteiger partial charge in [-0.05, 0) is 36.1 Å². The Balaban J connectivity index is 1.68. The number of hydrogen-bond acceptors (Lipinski definition) is 5. The van der Waals surface area contributed by atoms with Crippen molar-refractivity contribution in [1.29, 1.82) is 0 Å². The lowest BCUT2D eigenvalue weighted by molar-refractivity contribution is -0.137. The third kappa shape index (κ3) is 6.55. The van der Waals surface area contributed by atoms with Gasteiger partial charge in [-0.3, -0.25) is 14.4 Å². The Hall–Kier alpha value is -3.39. The van der Waals surface area contributed by atoms with Crippen LogP contribution in [0.4, 0.5) is 0 Å². The van der Waals surface area contributed by atoms with Crippen LogP contribution in [0.15, 0.2) is 70.7 Å². The Labute approximate surface area is 185 Å². The molecule has 0 saturated carbocycles. The lowest BCUT2D eigenvalue weighted by atomic mass is 10.0. The van der Waals surface area contributed by atoms with Crippen LogP contribution in [0.3, 0.4) is 0 Å². The van der Waals surface area contributed by atoms with Gasteiger partial charge in [-0.25, -0.2) is 0 Å². The van der Waals surface area contributed by atoms with Gasteiger partial charge in [0.1, 0.15) is 6.04 Å². The molecule has 3 amide bonds. The molecule has 0 bridgehead atoms. The van der Waals surface area contributed by atoms with Gasteiger partial charge in [0, 0.05) is 17.8 Å². The molecule has 2 heterocycles. The molecular formula is C23H25N3O4S. The number of carbonyl (C=O) groups is 3. The molecule has 1 unspecified atom stereocenters. The summed E-state index contributed by atoms with van der Waals surface area (Å²) in [5.74, 6) is -0.919. The van der Waals surface area contributed by atoms with Crippen molar-refractivity contribution in [3.8, 4) is 0 Å². The van der Waals surface area contributed by atoms with Gasteiger partial charge in [0.15, 0.2) is 5.76 Å². The Morgan fingerprint density at radius 1 is 1.06 bits per heavy atom. The summed E-state index contributed by atoms with van der Waals surface area (Å²) in [7, 11) is 0. The van der Waals surface area contributed by atoms with Crippen LogP contribution in [-0.4, -0.2) is 41.8 Å². The van der Waals surface area contributed by atoms with E-state index in [4.69, 9.17) is 4.42 Å². The van der Waals surface area contributed by atoms with Crippen LogP contribution in [-0.2, 0) is 22.6 Å². The molecule has 0 aliphatic heterocycles. The number of carbonyl (C=O) groups excluding carboxylic acids is 3. The highest BCUT2D eigenvalue weighted by Gasteiger charge is 2.28. The monoisotopic (exact) mass is 439 g/mol. The summed E-state index contributed by atoms with van der Waals surface area (Å²) in [6, 6.07) is 15.6. The summed E-state index contributed by atoms with van der Waals surface area (Å²) in [6.45, 7) is 2.49. The number of likely N-dealkylation sites (N-methyl/N-ethyl adjacent to an activating group) is 1. The van der Waals surface area contributed by atoms with E-state index in [9.17, 15) is 14.4 Å². The molecule has 2 aromatic heterocycles. The molecule has 7 nitrogen and oxygen atoms in total. The molecule has 162 valence electrons. The van der Waals surface area contributed by atoms with Crippen LogP contribution < -0.4 is 10.6 Å². The molecule has 0 radical (unpaired) electrons. The third-order valence-electron chi connectivity index (χ3n) is 4.70. The van der Waals surface area contributed by atoms with E-state index >= 15 is 0 Å². The number of rotatable bonds is 10. The molecule has 8 heteroatoms. The average Bonchev–Trinajstić information content (AvgIpc) is 3.50. The number of amides is 3. The smallest absolute Gasteiger partial charge is 0.287 e. The van der Waals surface area contributed by atoms with Gasteiger partial charge in [0.25, 0.3) is 5.91 Å². The minimum Gasteiger partial charge on any atom is -0.459 e. The van der Waals surface area contributed by atoms with Crippen molar-refractivity contribution in [3.05, 3.63) is 82.4 Å². The Morgan fingerprint density at radius 2 is 1.87 bits per heavy atom. The van der Waals surface area contributed by atoms with Crippen molar-refractivity contribution in [2.75, 3.05) is 13.1 Å². The second kappa shape index (κ2) is 11.1. The van der Waals surface area contributed by atoms with Crippen molar-refractivity contribution >= 4 is 29.1 Å². The van der Waals surface area contributed by atoms with Crippen LogP contribution in [0.25, 0.3) is 0 Å². The predicted molar refractivity (Wildman–Crippen MR) is 119 cm³/mol. The first-order chi connectivity index (χ1) is 15.1. The Morgan fingerprint density at radius 3 is 2.52 bits per heavy atom. The third-order valence-corrected chi connectivity index (χ3v) is 5.58. The molecule has 3 rings (SSSR count). The second-order valence-corrected chi connectivity index (χ2v) is 7.93. The minimum absolute atomic E-state index is 0.0807. The zero-order chi connectivity index (χ0) is 22.1. The van der Waals surface area contributed by atoms with Crippen LogP contribution in [0.2, 0.25) is 0 Å². The van der Waals surface area contributed by atoms with Gasteiger partial charge >= 0.3 is 0 Å². The summed E-state index contributed by atoms with van der Waals surface area (Å²) < 4.78 is 5.14. The van der Waals surface area contributed by atoms with Crippen molar-refractivity contribution in [3.63, 3.8) is 0 Å². The number of furan rings is 1. The van der Waals surface area contributed by atoms with Gasteiger partial charge < -0.3 is 20.0 Å². The first-order valence-corrected chi connectivity index (χ1v) is 10.9.